The zero-order valence-electron chi connectivity index (χ0n) is 20.0. The molecule has 1 N–H and O–H groups in total. The second kappa shape index (κ2) is 9.82. The quantitative estimate of drug-likeness (QED) is 0.476. The van der Waals surface area contributed by atoms with Crippen LogP contribution in [0.4, 0.5) is 4.79 Å². The summed E-state index contributed by atoms with van der Waals surface area (Å²) in [5, 5.41) is 2.52. The van der Waals surface area contributed by atoms with Gasteiger partial charge < -0.3 is 19.0 Å². The number of benzene rings is 2. The first kappa shape index (κ1) is 26.2. The van der Waals surface area contributed by atoms with Gasteiger partial charge in [0, 0.05) is 0 Å². The molecule has 1 atom stereocenters. The van der Waals surface area contributed by atoms with Gasteiger partial charge in [0.1, 0.15) is 21.8 Å². The average Bonchev–Trinajstić information content (AvgIpc) is 2.64. The largest absolute Gasteiger partial charge is 0.458 e. The molecule has 1 amide bonds. The van der Waals surface area contributed by atoms with Gasteiger partial charge in [-0.05, 0) is 78.3 Å². The first-order chi connectivity index (χ1) is 15.1. The van der Waals surface area contributed by atoms with E-state index in [4.69, 9.17) is 13.7 Å². The van der Waals surface area contributed by atoms with Gasteiger partial charge in [-0.3, -0.25) is 0 Å². The van der Waals surface area contributed by atoms with E-state index in [0.29, 0.717) is 5.56 Å². The number of carbonyl (C=O) groups excluding carboxylic acids is 2. The van der Waals surface area contributed by atoms with E-state index in [2.05, 4.69) is 5.32 Å². The third-order valence-electron chi connectivity index (χ3n) is 4.03. The molecule has 9 heteroatoms. The van der Waals surface area contributed by atoms with E-state index >= 15 is 0 Å². The van der Waals surface area contributed by atoms with Crippen LogP contribution < -0.4 is 9.50 Å². The number of alkyl carbamates (subject to hydrolysis) is 1. The molecule has 33 heavy (non-hydrogen) atoms. The number of nitrogens with one attached hydrogen (secondary N) is 1. The topological polar surface area (TPSA) is 108 Å². The maximum absolute atomic E-state index is 12.8. The molecule has 0 bridgehead atoms. The van der Waals surface area contributed by atoms with Gasteiger partial charge in [-0.2, -0.15) is 8.42 Å². The smallest absolute Gasteiger partial charge is 0.408 e. The van der Waals surface area contributed by atoms with E-state index in [-0.39, 0.29) is 10.6 Å². The summed E-state index contributed by atoms with van der Waals surface area (Å²) < 4.78 is 40.9. The fourth-order valence-corrected chi connectivity index (χ4v) is 3.59. The van der Waals surface area contributed by atoms with Crippen molar-refractivity contribution in [3.05, 3.63) is 59.7 Å². The van der Waals surface area contributed by atoms with Gasteiger partial charge in [-0.25, -0.2) is 9.59 Å². The third-order valence-corrected chi connectivity index (χ3v) is 5.29. The lowest BCUT2D eigenvalue weighted by atomic mass is 10.1. The summed E-state index contributed by atoms with van der Waals surface area (Å²) >= 11 is 0. The van der Waals surface area contributed by atoms with Gasteiger partial charge in [0.25, 0.3) is 0 Å². The molecule has 0 saturated carbocycles. The van der Waals surface area contributed by atoms with E-state index in [1.54, 1.807) is 53.7 Å². The molecule has 0 aliphatic carbocycles. The molecule has 2 rings (SSSR count). The van der Waals surface area contributed by atoms with Gasteiger partial charge >= 0.3 is 22.2 Å². The molecule has 0 heterocycles. The molecule has 0 saturated heterocycles. The molecule has 2 aromatic carbocycles. The summed E-state index contributed by atoms with van der Waals surface area (Å²) in [4.78, 5) is 25.1. The maximum Gasteiger partial charge on any atom is 0.408 e. The lowest BCUT2D eigenvalue weighted by Crippen LogP contribution is -2.40. The van der Waals surface area contributed by atoms with Gasteiger partial charge in [-0.15, -0.1) is 0 Å². The van der Waals surface area contributed by atoms with Crippen molar-refractivity contribution < 1.29 is 31.7 Å². The fourth-order valence-electron chi connectivity index (χ4n) is 2.66. The fraction of sp³-hybridized carbons (Fsp3) is 0.417. The minimum atomic E-state index is -4.02. The molecule has 0 radical (unpaired) electrons. The molecule has 0 aliphatic rings. The van der Waals surface area contributed by atoms with Crippen LogP contribution >= 0.6 is 0 Å². The highest BCUT2D eigenvalue weighted by atomic mass is 32.2. The van der Waals surface area contributed by atoms with Crippen molar-refractivity contribution in [3.63, 3.8) is 0 Å². The van der Waals surface area contributed by atoms with Crippen LogP contribution in [0.2, 0.25) is 0 Å². The molecular formula is C24H31NO7S. The molecule has 0 fully saturated rings. The van der Waals surface area contributed by atoms with Crippen molar-refractivity contribution in [1.82, 2.24) is 5.32 Å². The van der Waals surface area contributed by atoms with Crippen LogP contribution in [0.3, 0.4) is 0 Å². The normalized spacial score (nSPS) is 13.1. The predicted molar refractivity (Wildman–Crippen MR) is 123 cm³/mol. The summed E-state index contributed by atoms with van der Waals surface area (Å²) in [7, 11) is -4.02. The number of amides is 1. The zero-order valence-corrected chi connectivity index (χ0v) is 20.8. The lowest BCUT2D eigenvalue weighted by molar-refractivity contribution is -0.157. The highest BCUT2D eigenvalue weighted by Gasteiger charge is 2.30. The Morgan fingerprint density at radius 2 is 1.33 bits per heavy atom. The highest BCUT2D eigenvalue weighted by molar-refractivity contribution is 7.87. The van der Waals surface area contributed by atoms with Gasteiger partial charge in [0.2, 0.25) is 0 Å². The number of hydrogen-bond donors (Lipinski definition) is 1. The summed E-state index contributed by atoms with van der Waals surface area (Å²) in [5.41, 5.74) is -0.250. The molecule has 2 aromatic rings. The Labute approximate surface area is 195 Å². The summed E-state index contributed by atoms with van der Waals surface area (Å²) in [6.45, 7) is 12.1. The van der Waals surface area contributed by atoms with Crippen LogP contribution in [0.5, 0.6) is 5.75 Å². The van der Waals surface area contributed by atoms with Gasteiger partial charge in [0.15, 0.2) is 6.04 Å². The number of carbonyl (C=O) groups is 2. The van der Waals surface area contributed by atoms with Crippen LogP contribution in [0.1, 0.15) is 58.7 Å². The Morgan fingerprint density at radius 1 is 0.818 bits per heavy atom. The van der Waals surface area contributed by atoms with Crippen molar-refractivity contribution in [1.29, 1.82) is 0 Å². The van der Waals surface area contributed by atoms with E-state index in [9.17, 15) is 18.0 Å². The van der Waals surface area contributed by atoms with E-state index in [0.717, 1.165) is 5.56 Å². The van der Waals surface area contributed by atoms with Crippen molar-refractivity contribution in [2.24, 2.45) is 0 Å². The van der Waals surface area contributed by atoms with E-state index in [1.807, 2.05) is 6.92 Å². The van der Waals surface area contributed by atoms with Crippen LogP contribution in [-0.4, -0.2) is 31.7 Å². The summed E-state index contributed by atoms with van der Waals surface area (Å²) in [6.07, 6.45) is -0.791. The van der Waals surface area contributed by atoms with Crippen LogP contribution in [0, 0.1) is 6.92 Å². The average molecular weight is 478 g/mol. The minimum absolute atomic E-state index is 0.0235. The lowest BCUT2D eigenvalue weighted by Gasteiger charge is -2.26. The Hall–Kier alpha value is -3.07. The van der Waals surface area contributed by atoms with Crippen LogP contribution in [-0.2, 0) is 24.4 Å². The molecule has 180 valence electrons. The molecular weight excluding hydrogens is 446 g/mol. The first-order valence-electron chi connectivity index (χ1n) is 10.4. The molecule has 0 aliphatic heterocycles. The number of ether oxygens (including phenoxy) is 2. The SMILES string of the molecule is Cc1ccc(S(=O)(=O)Oc2ccc(C(NC(=O)OC(C)(C)C)C(=O)OC(C)(C)C)cc2)cc1. The summed E-state index contributed by atoms with van der Waals surface area (Å²) in [5.74, 6) is -0.631. The molecule has 0 aromatic heterocycles. The second-order valence-corrected chi connectivity index (χ2v) is 11.1. The number of hydrogen-bond acceptors (Lipinski definition) is 7. The van der Waals surface area contributed by atoms with Crippen molar-refractivity contribution in [3.8, 4) is 5.75 Å². The van der Waals surface area contributed by atoms with Crippen molar-refractivity contribution in [2.75, 3.05) is 0 Å². The van der Waals surface area contributed by atoms with Crippen LogP contribution in [0.15, 0.2) is 53.4 Å². The highest BCUT2D eigenvalue weighted by Crippen LogP contribution is 2.24. The predicted octanol–water partition coefficient (Wildman–Crippen LogP) is 4.67. The first-order valence-corrected chi connectivity index (χ1v) is 11.8. The van der Waals surface area contributed by atoms with Gasteiger partial charge in [0.05, 0.1) is 0 Å². The Morgan fingerprint density at radius 3 is 1.82 bits per heavy atom. The number of rotatable bonds is 6. The number of esters is 1. The Balaban J connectivity index is 2.26. The number of aryl methyl sites for hydroxylation is 1. The Bertz CT molecular complexity index is 1080. The van der Waals surface area contributed by atoms with E-state index < -0.39 is 39.4 Å². The van der Waals surface area contributed by atoms with Gasteiger partial charge in [-0.1, -0.05) is 29.8 Å². The monoisotopic (exact) mass is 477 g/mol. The van der Waals surface area contributed by atoms with Crippen molar-refractivity contribution in [2.45, 2.75) is 70.6 Å². The minimum Gasteiger partial charge on any atom is -0.458 e. The molecule has 1 unspecified atom stereocenters. The van der Waals surface area contributed by atoms with Crippen molar-refractivity contribution >= 4 is 22.2 Å². The molecule has 8 nitrogen and oxygen atoms in total. The summed E-state index contributed by atoms with van der Waals surface area (Å²) in [6, 6.07) is 10.9. The second-order valence-electron chi connectivity index (χ2n) is 9.53. The van der Waals surface area contributed by atoms with E-state index in [1.165, 1.54) is 36.4 Å². The maximum atomic E-state index is 12.8. The standard InChI is InChI=1S/C24H31NO7S/c1-16-8-14-19(15-9-16)33(28,29)32-18-12-10-17(11-13-18)20(21(26)30-23(2,3)4)25-22(27)31-24(5,6)7/h8-15,20H,1-7H3,(H,25,27). The molecule has 0 spiro atoms. The Kier molecular flexibility index (Phi) is 7.79. The zero-order chi connectivity index (χ0) is 25.0. The van der Waals surface area contributed by atoms with Crippen LogP contribution in [0.25, 0.3) is 0 Å². The third kappa shape index (κ3) is 8.42.